The van der Waals surface area contributed by atoms with Crippen molar-refractivity contribution in [3.63, 3.8) is 0 Å². The van der Waals surface area contributed by atoms with Gasteiger partial charge in [-0.3, -0.25) is 14.4 Å². The normalized spacial score (nSPS) is 16.2. The first-order valence-corrected chi connectivity index (χ1v) is 10.1. The van der Waals surface area contributed by atoms with Crippen LogP contribution in [0.15, 0.2) is 42.5 Å². The van der Waals surface area contributed by atoms with Gasteiger partial charge in [0.2, 0.25) is 5.91 Å². The van der Waals surface area contributed by atoms with Gasteiger partial charge in [0.15, 0.2) is 6.61 Å². The molecule has 2 aliphatic rings. The Labute approximate surface area is 175 Å². The molecule has 4 rings (SSSR count). The number of hydrogen-bond acceptors (Lipinski definition) is 4. The highest BCUT2D eigenvalue weighted by atomic mass is 16.5. The van der Waals surface area contributed by atoms with Gasteiger partial charge in [0.25, 0.3) is 11.8 Å². The van der Waals surface area contributed by atoms with Gasteiger partial charge in [0, 0.05) is 38.7 Å². The summed E-state index contributed by atoms with van der Waals surface area (Å²) in [5.74, 6) is 0.570. The number of amides is 3. The lowest BCUT2D eigenvalue weighted by Gasteiger charge is -2.34. The zero-order valence-corrected chi connectivity index (χ0v) is 17.3. The van der Waals surface area contributed by atoms with Crippen LogP contribution in [-0.2, 0) is 16.1 Å². The Morgan fingerprint density at radius 3 is 2.47 bits per heavy atom. The predicted octanol–water partition coefficient (Wildman–Crippen LogP) is 2.22. The summed E-state index contributed by atoms with van der Waals surface area (Å²) in [4.78, 5) is 42.2. The van der Waals surface area contributed by atoms with Crippen LogP contribution in [0.1, 0.15) is 28.4 Å². The lowest BCUT2D eigenvalue weighted by Crippen LogP contribution is -2.50. The number of carbonyl (C=O) groups excluding carboxylic acids is 3. The number of hydrogen-bond donors (Lipinski definition) is 0. The molecule has 0 unspecified atom stereocenters. The van der Waals surface area contributed by atoms with Crippen molar-refractivity contribution in [2.24, 2.45) is 0 Å². The third-order valence-electron chi connectivity index (χ3n) is 5.58. The number of ether oxygens (including phenoxy) is 1. The van der Waals surface area contributed by atoms with Crippen molar-refractivity contribution in [1.29, 1.82) is 0 Å². The van der Waals surface area contributed by atoms with Crippen molar-refractivity contribution in [2.75, 3.05) is 37.7 Å². The summed E-state index contributed by atoms with van der Waals surface area (Å²) in [7, 11) is 0. The quantitative estimate of drug-likeness (QED) is 0.782. The molecule has 2 aliphatic heterocycles. The molecule has 0 bridgehead atoms. The number of anilines is 1. The number of aryl methyl sites for hydroxylation is 1. The van der Waals surface area contributed by atoms with Gasteiger partial charge in [-0.15, -0.1) is 0 Å². The number of piperazine rings is 1. The fourth-order valence-electron chi connectivity index (χ4n) is 3.88. The van der Waals surface area contributed by atoms with E-state index in [1.54, 1.807) is 27.7 Å². The molecule has 2 aromatic carbocycles. The van der Waals surface area contributed by atoms with Crippen molar-refractivity contribution in [1.82, 2.24) is 9.80 Å². The molecule has 0 spiro atoms. The molecule has 1 saturated heterocycles. The van der Waals surface area contributed by atoms with Gasteiger partial charge >= 0.3 is 0 Å². The minimum atomic E-state index is -0.106. The Bertz CT molecular complexity index is 996. The highest BCUT2D eigenvalue weighted by Gasteiger charge is 2.27. The molecule has 0 atom stereocenters. The molecule has 0 aromatic heterocycles. The number of fused-ring (bicyclic) bond motifs is 1. The molecule has 7 nitrogen and oxygen atoms in total. The van der Waals surface area contributed by atoms with Gasteiger partial charge < -0.3 is 19.4 Å². The van der Waals surface area contributed by atoms with Crippen LogP contribution in [0.3, 0.4) is 0 Å². The first kappa shape index (κ1) is 19.9. The summed E-state index contributed by atoms with van der Waals surface area (Å²) in [5, 5.41) is 0. The average molecular weight is 407 g/mol. The van der Waals surface area contributed by atoms with Gasteiger partial charge in [0.05, 0.1) is 12.2 Å². The molecule has 0 N–H and O–H groups in total. The molecule has 2 aromatic rings. The molecule has 0 radical (unpaired) electrons. The van der Waals surface area contributed by atoms with E-state index in [0.717, 1.165) is 16.8 Å². The third kappa shape index (κ3) is 4.01. The maximum atomic E-state index is 12.9. The Morgan fingerprint density at radius 2 is 1.73 bits per heavy atom. The Balaban J connectivity index is 1.51. The maximum Gasteiger partial charge on any atom is 0.265 e. The minimum absolute atomic E-state index is 0.00904. The molecular weight excluding hydrogens is 382 g/mol. The van der Waals surface area contributed by atoms with Crippen molar-refractivity contribution in [3.8, 4) is 5.75 Å². The van der Waals surface area contributed by atoms with Crippen LogP contribution in [0.4, 0.5) is 5.69 Å². The molecular formula is C23H25N3O4. The predicted molar refractivity (Wildman–Crippen MR) is 112 cm³/mol. The molecule has 2 heterocycles. The largest absolute Gasteiger partial charge is 0.482 e. The second kappa shape index (κ2) is 8.18. The topological polar surface area (TPSA) is 70.2 Å². The van der Waals surface area contributed by atoms with Gasteiger partial charge in [-0.25, -0.2) is 0 Å². The van der Waals surface area contributed by atoms with Crippen LogP contribution in [0.25, 0.3) is 0 Å². The Kier molecular flexibility index (Phi) is 5.44. The average Bonchev–Trinajstić information content (AvgIpc) is 2.75. The second-order valence-electron chi connectivity index (χ2n) is 7.74. The summed E-state index contributed by atoms with van der Waals surface area (Å²) < 4.78 is 5.55. The van der Waals surface area contributed by atoms with Crippen molar-refractivity contribution in [3.05, 3.63) is 59.2 Å². The monoisotopic (exact) mass is 407 g/mol. The Hall–Kier alpha value is -3.35. The van der Waals surface area contributed by atoms with Gasteiger partial charge in [-0.05, 0) is 42.3 Å². The third-order valence-corrected chi connectivity index (χ3v) is 5.58. The zero-order chi connectivity index (χ0) is 21.3. The van der Waals surface area contributed by atoms with Crippen molar-refractivity contribution < 1.29 is 19.1 Å². The van der Waals surface area contributed by atoms with E-state index in [1.165, 1.54) is 0 Å². The van der Waals surface area contributed by atoms with Crippen LogP contribution in [0, 0.1) is 6.92 Å². The molecule has 1 fully saturated rings. The van der Waals surface area contributed by atoms with E-state index in [2.05, 4.69) is 0 Å². The molecule has 30 heavy (non-hydrogen) atoms. The van der Waals surface area contributed by atoms with Crippen LogP contribution < -0.4 is 9.64 Å². The summed E-state index contributed by atoms with van der Waals surface area (Å²) in [6.45, 7) is 6.07. The smallest absolute Gasteiger partial charge is 0.265 e. The minimum Gasteiger partial charge on any atom is -0.482 e. The molecule has 0 aliphatic carbocycles. The lowest BCUT2D eigenvalue weighted by atomic mass is 10.1. The van der Waals surface area contributed by atoms with Crippen LogP contribution >= 0.6 is 0 Å². The van der Waals surface area contributed by atoms with E-state index < -0.39 is 0 Å². The van der Waals surface area contributed by atoms with Gasteiger partial charge in [-0.1, -0.05) is 18.2 Å². The Morgan fingerprint density at radius 1 is 1.00 bits per heavy atom. The van der Waals surface area contributed by atoms with Gasteiger partial charge in [-0.2, -0.15) is 0 Å². The highest BCUT2D eigenvalue weighted by Crippen LogP contribution is 2.34. The number of rotatable bonds is 3. The SMILES string of the molecule is CC(=O)N1CCN(C(=O)c2cccc(CN3C(=O)COc4ccc(C)cc43)c2)CC1. The van der Waals surface area contributed by atoms with E-state index in [4.69, 9.17) is 4.74 Å². The van der Waals surface area contributed by atoms with E-state index >= 15 is 0 Å². The zero-order valence-electron chi connectivity index (χ0n) is 17.3. The van der Waals surface area contributed by atoms with Gasteiger partial charge in [0.1, 0.15) is 5.75 Å². The number of benzene rings is 2. The molecule has 3 amide bonds. The van der Waals surface area contributed by atoms with Crippen molar-refractivity contribution in [2.45, 2.75) is 20.4 Å². The summed E-state index contributed by atoms with van der Waals surface area (Å²) in [5.41, 5.74) is 3.27. The van der Waals surface area contributed by atoms with Crippen molar-refractivity contribution >= 4 is 23.4 Å². The highest BCUT2D eigenvalue weighted by molar-refractivity contribution is 5.98. The fraction of sp³-hybridized carbons (Fsp3) is 0.348. The summed E-state index contributed by atoms with van der Waals surface area (Å²) in [6.07, 6.45) is 0. The maximum absolute atomic E-state index is 12.9. The standard InChI is InChI=1S/C23H25N3O4/c1-16-6-7-21-20(12-16)26(22(28)15-30-21)14-18-4-3-5-19(13-18)23(29)25-10-8-24(9-11-25)17(2)27/h3-7,12-13H,8-11,14-15H2,1-2H3. The van der Waals surface area contributed by atoms with Crippen LogP contribution in [-0.4, -0.2) is 60.3 Å². The number of nitrogens with zero attached hydrogens (tertiary/aromatic N) is 3. The van der Waals surface area contributed by atoms with E-state index in [-0.39, 0.29) is 24.3 Å². The summed E-state index contributed by atoms with van der Waals surface area (Å²) >= 11 is 0. The van der Waals surface area contributed by atoms with Crippen LogP contribution in [0.2, 0.25) is 0 Å². The summed E-state index contributed by atoms with van der Waals surface area (Å²) in [6, 6.07) is 13.2. The van der Waals surface area contributed by atoms with Crippen LogP contribution in [0.5, 0.6) is 5.75 Å². The number of carbonyl (C=O) groups is 3. The second-order valence-corrected chi connectivity index (χ2v) is 7.74. The van der Waals surface area contributed by atoms with E-state index in [1.807, 2.05) is 43.3 Å². The van der Waals surface area contributed by atoms with E-state index in [0.29, 0.717) is 44.0 Å². The van der Waals surface area contributed by atoms with E-state index in [9.17, 15) is 14.4 Å². The fourth-order valence-corrected chi connectivity index (χ4v) is 3.88. The first-order chi connectivity index (χ1) is 14.4. The molecule has 156 valence electrons. The first-order valence-electron chi connectivity index (χ1n) is 10.1. The molecule has 7 heteroatoms. The molecule has 0 saturated carbocycles. The lowest BCUT2D eigenvalue weighted by molar-refractivity contribution is -0.130.